The highest BCUT2D eigenvalue weighted by Crippen LogP contribution is 2.14. The van der Waals surface area contributed by atoms with Crippen LogP contribution < -0.4 is 0 Å². The van der Waals surface area contributed by atoms with Crippen molar-refractivity contribution in [3.63, 3.8) is 0 Å². The molecule has 4 heteroatoms. The van der Waals surface area contributed by atoms with Crippen LogP contribution in [0.25, 0.3) is 0 Å². The number of hydrogen-bond acceptors (Lipinski definition) is 4. The molecule has 0 N–H and O–H groups in total. The number of ketones is 1. The minimum absolute atomic E-state index is 0.0100. The molecule has 0 amide bonds. The normalized spacial score (nSPS) is 21.3. The van der Waals surface area contributed by atoms with Crippen LogP contribution in [-0.4, -0.2) is 31.1 Å². The number of esters is 1. The third-order valence-electron chi connectivity index (χ3n) is 2.01. The molecule has 0 saturated heterocycles. The van der Waals surface area contributed by atoms with Crippen LogP contribution in [0.1, 0.15) is 20.3 Å². The highest BCUT2D eigenvalue weighted by molar-refractivity contribution is 5.89. The average Bonchev–Trinajstić information content (AvgIpc) is 2.18. The van der Waals surface area contributed by atoms with Gasteiger partial charge in [-0.15, -0.1) is 0 Å². The zero-order valence-electron chi connectivity index (χ0n) is 8.41. The summed E-state index contributed by atoms with van der Waals surface area (Å²) in [5.74, 6) is -0.362. The van der Waals surface area contributed by atoms with E-state index < -0.39 is 6.10 Å². The average molecular weight is 198 g/mol. The van der Waals surface area contributed by atoms with E-state index in [9.17, 15) is 9.59 Å². The SMILES string of the molecule is CCOC(=O)C1=CCC(C(C)=O)OC1. The summed E-state index contributed by atoms with van der Waals surface area (Å²) in [6.45, 7) is 3.75. The topological polar surface area (TPSA) is 52.6 Å². The van der Waals surface area contributed by atoms with Crippen molar-refractivity contribution in [1.82, 2.24) is 0 Å². The summed E-state index contributed by atoms with van der Waals surface area (Å²) in [7, 11) is 0. The molecule has 0 saturated carbocycles. The van der Waals surface area contributed by atoms with Crippen LogP contribution >= 0.6 is 0 Å². The minimum Gasteiger partial charge on any atom is -0.463 e. The lowest BCUT2D eigenvalue weighted by atomic mass is 10.1. The summed E-state index contributed by atoms with van der Waals surface area (Å²) in [4.78, 5) is 22.1. The summed E-state index contributed by atoms with van der Waals surface area (Å²) in [6, 6.07) is 0. The van der Waals surface area contributed by atoms with Gasteiger partial charge in [0.25, 0.3) is 0 Å². The second-order valence-electron chi connectivity index (χ2n) is 3.10. The van der Waals surface area contributed by atoms with Crippen molar-refractivity contribution < 1.29 is 19.1 Å². The summed E-state index contributed by atoms with van der Waals surface area (Å²) in [6.07, 6.45) is 1.78. The number of carbonyl (C=O) groups excluding carboxylic acids is 2. The van der Waals surface area contributed by atoms with Crippen LogP contribution in [0.5, 0.6) is 0 Å². The van der Waals surface area contributed by atoms with Gasteiger partial charge in [-0.05, 0) is 20.3 Å². The van der Waals surface area contributed by atoms with Crippen LogP contribution in [0.4, 0.5) is 0 Å². The Hall–Kier alpha value is -1.16. The monoisotopic (exact) mass is 198 g/mol. The summed E-state index contributed by atoms with van der Waals surface area (Å²) >= 11 is 0. The van der Waals surface area contributed by atoms with Crippen molar-refractivity contribution >= 4 is 11.8 Å². The molecule has 78 valence electrons. The van der Waals surface area contributed by atoms with E-state index in [4.69, 9.17) is 9.47 Å². The van der Waals surface area contributed by atoms with E-state index in [0.717, 1.165) is 0 Å². The highest BCUT2D eigenvalue weighted by atomic mass is 16.5. The number of rotatable bonds is 3. The van der Waals surface area contributed by atoms with Gasteiger partial charge in [0.05, 0.1) is 18.8 Å². The van der Waals surface area contributed by atoms with Crippen LogP contribution in [0.2, 0.25) is 0 Å². The third-order valence-corrected chi connectivity index (χ3v) is 2.01. The predicted molar refractivity (Wildman–Crippen MR) is 49.8 cm³/mol. The van der Waals surface area contributed by atoms with Crippen molar-refractivity contribution in [2.45, 2.75) is 26.4 Å². The molecule has 0 aromatic rings. The Bertz CT molecular complexity index is 267. The van der Waals surface area contributed by atoms with Crippen molar-refractivity contribution in [2.24, 2.45) is 0 Å². The standard InChI is InChI=1S/C10H14O4/c1-3-13-10(12)8-4-5-9(7(2)11)14-6-8/h4,9H,3,5-6H2,1-2H3. The number of hydrogen-bond donors (Lipinski definition) is 0. The Kier molecular flexibility index (Phi) is 3.83. The van der Waals surface area contributed by atoms with Gasteiger partial charge in [-0.1, -0.05) is 6.08 Å². The molecule has 0 aliphatic carbocycles. The molecular weight excluding hydrogens is 184 g/mol. The van der Waals surface area contributed by atoms with Gasteiger partial charge < -0.3 is 9.47 Å². The summed E-state index contributed by atoms with van der Waals surface area (Å²) in [5.41, 5.74) is 0.504. The zero-order chi connectivity index (χ0) is 10.6. The van der Waals surface area contributed by atoms with E-state index in [1.807, 2.05) is 0 Å². The first-order valence-electron chi connectivity index (χ1n) is 4.63. The van der Waals surface area contributed by atoms with Gasteiger partial charge in [0.15, 0.2) is 5.78 Å². The predicted octanol–water partition coefficient (Wildman–Crippen LogP) is 0.854. The van der Waals surface area contributed by atoms with Crippen LogP contribution in [0, 0.1) is 0 Å². The first-order chi connectivity index (χ1) is 6.65. The number of carbonyl (C=O) groups is 2. The fraction of sp³-hybridized carbons (Fsp3) is 0.600. The van der Waals surface area contributed by atoms with Gasteiger partial charge in [0, 0.05) is 0 Å². The minimum atomic E-state index is -0.395. The number of Topliss-reactive ketones (excluding diaryl/α,β-unsaturated/α-hetero) is 1. The Morgan fingerprint density at radius 2 is 2.36 bits per heavy atom. The lowest BCUT2D eigenvalue weighted by molar-refractivity contribution is -0.141. The fourth-order valence-corrected chi connectivity index (χ4v) is 1.22. The Morgan fingerprint density at radius 1 is 1.64 bits per heavy atom. The molecule has 0 aromatic carbocycles. The second-order valence-corrected chi connectivity index (χ2v) is 3.10. The van der Waals surface area contributed by atoms with E-state index in [2.05, 4.69) is 0 Å². The molecule has 14 heavy (non-hydrogen) atoms. The molecule has 1 aliphatic heterocycles. The molecule has 4 nitrogen and oxygen atoms in total. The van der Waals surface area contributed by atoms with E-state index >= 15 is 0 Å². The smallest absolute Gasteiger partial charge is 0.336 e. The maximum Gasteiger partial charge on any atom is 0.336 e. The molecule has 1 unspecified atom stereocenters. The fourth-order valence-electron chi connectivity index (χ4n) is 1.22. The lowest BCUT2D eigenvalue weighted by Gasteiger charge is -2.19. The van der Waals surface area contributed by atoms with Crippen LogP contribution in [0.3, 0.4) is 0 Å². The van der Waals surface area contributed by atoms with Crippen LogP contribution in [0.15, 0.2) is 11.6 Å². The molecule has 0 radical (unpaired) electrons. The molecule has 0 bridgehead atoms. The van der Waals surface area contributed by atoms with E-state index in [0.29, 0.717) is 18.6 Å². The van der Waals surface area contributed by atoms with Crippen LogP contribution in [-0.2, 0) is 19.1 Å². The van der Waals surface area contributed by atoms with Gasteiger partial charge >= 0.3 is 5.97 Å². The molecular formula is C10H14O4. The van der Waals surface area contributed by atoms with Crippen molar-refractivity contribution in [1.29, 1.82) is 0 Å². The summed E-state index contributed by atoms with van der Waals surface area (Å²) < 4.78 is 10.0. The first kappa shape index (κ1) is 10.9. The van der Waals surface area contributed by atoms with Gasteiger partial charge in [-0.25, -0.2) is 4.79 Å². The van der Waals surface area contributed by atoms with Gasteiger partial charge in [-0.2, -0.15) is 0 Å². The zero-order valence-corrected chi connectivity index (χ0v) is 8.41. The van der Waals surface area contributed by atoms with E-state index in [1.54, 1.807) is 13.0 Å². The molecule has 1 aliphatic rings. The maximum absolute atomic E-state index is 11.2. The Labute approximate surface area is 82.9 Å². The first-order valence-corrected chi connectivity index (χ1v) is 4.63. The third kappa shape index (κ3) is 2.67. The Morgan fingerprint density at radius 3 is 2.79 bits per heavy atom. The van der Waals surface area contributed by atoms with Crippen molar-refractivity contribution in [3.8, 4) is 0 Å². The second kappa shape index (κ2) is 4.91. The quantitative estimate of drug-likeness (QED) is 0.631. The van der Waals surface area contributed by atoms with Gasteiger partial charge in [0.2, 0.25) is 0 Å². The van der Waals surface area contributed by atoms with E-state index in [1.165, 1.54) is 6.92 Å². The summed E-state index contributed by atoms with van der Waals surface area (Å²) in [5, 5.41) is 0. The number of ether oxygens (including phenoxy) is 2. The van der Waals surface area contributed by atoms with E-state index in [-0.39, 0.29) is 18.4 Å². The Balaban J connectivity index is 2.52. The van der Waals surface area contributed by atoms with Crippen molar-refractivity contribution in [3.05, 3.63) is 11.6 Å². The largest absolute Gasteiger partial charge is 0.463 e. The highest BCUT2D eigenvalue weighted by Gasteiger charge is 2.22. The molecule has 0 fully saturated rings. The maximum atomic E-state index is 11.2. The lowest BCUT2D eigenvalue weighted by Crippen LogP contribution is -2.28. The molecule has 0 spiro atoms. The molecule has 0 aromatic heterocycles. The van der Waals surface area contributed by atoms with Crippen molar-refractivity contribution in [2.75, 3.05) is 13.2 Å². The molecule has 1 heterocycles. The molecule has 1 rings (SSSR count). The molecule has 1 atom stereocenters. The van der Waals surface area contributed by atoms with Gasteiger partial charge in [-0.3, -0.25) is 4.79 Å². The van der Waals surface area contributed by atoms with Gasteiger partial charge in [0.1, 0.15) is 6.10 Å².